The van der Waals surface area contributed by atoms with E-state index in [0.29, 0.717) is 11.4 Å². The van der Waals surface area contributed by atoms with Gasteiger partial charge in [0.05, 0.1) is 15.8 Å². The highest BCUT2D eigenvalue weighted by molar-refractivity contribution is 5.90. The van der Waals surface area contributed by atoms with Crippen molar-refractivity contribution in [1.29, 1.82) is 0 Å². The molecule has 2 rings (SSSR count). The van der Waals surface area contributed by atoms with E-state index < -0.39 is 0 Å². The summed E-state index contributed by atoms with van der Waals surface area (Å²) in [6, 6.07) is 7.27. The van der Waals surface area contributed by atoms with Gasteiger partial charge in [-0.1, -0.05) is 13.8 Å². The first-order valence-corrected chi connectivity index (χ1v) is 6.91. The van der Waals surface area contributed by atoms with E-state index >= 15 is 0 Å². The van der Waals surface area contributed by atoms with E-state index in [2.05, 4.69) is 24.1 Å². The third kappa shape index (κ3) is 2.93. The van der Waals surface area contributed by atoms with Crippen molar-refractivity contribution in [2.24, 2.45) is 0 Å². The fraction of sp³-hybridized carbons (Fsp3) is 0.400. The van der Waals surface area contributed by atoms with Crippen LogP contribution in [0.1, 0.15) is 25.8 Å². The highest BCUT2D eigenvalue weighted by Gasteiger charge is 2.16. The Morgan fingerprint density at radius 1 is 1.35 bits per heavy atom. The van der Waals surface area contributed by atoms with Gasteiger partial charge in [0.15, 0.2) is 0 Å². The molecular weight excluding hydrogens is 254 g/mol. The van der Waals surface area contributed by atoms with Crippen molar-refractivity contribution in [2.45, 2.75) is 32.7 Å². The second-order valence-corrected chi connectivity index (χ2v) is 4.77. The molecule has 0 bridgehead atoms. The Balaban J connectivity index is 2.45. The van der Waals surface area contributed by atoms with Crippen molar-refractivity contribution in [3.05, 3.63) is 46.1 Å². The highest BCUT2D eigenvalue weighted by Crippen LogP contribution is 2.27. The number of benzene rings is 1. The van der Waals surface area contributed by atoms with E-state index in [1.807, 2.05) is 6.07 Å². The van der Waals surface area contributed by atoms with Crippen LogP contribution in [-0.2, 0) is 6.42 Å². The van der Waals surface area contributed by atoms with Crippen LogP contribution in [0.15, 0.2) is 30.5 Å². The molecule has 0 radical (unpaired) electrons. The summed E-state index contributed by atoms with van der Waals surface area (Å²) in [6.45, 7) is 5.13. The minimum Gasteiger partial charge on any atom is -0.314 e. The van der Waals surface area contributed by atoms with Crippen LogP contribution in [-0.4, -0.2) is 22.5 Å². The first-order chi connectivity index (χ1) is 9.67. The summed E-state index contributed by atoms with van der Waals surface area (Å²) < 4.78 is 0. The maximum Gasteiger partial charge on any atom is 0.278 e. The molecular formula is C15H19N3O2. The number of nitrogens with zero attached hydrogens (tertiary/aromatic N) is 2. The van der Waals surface area contributed by atoms with Gasteiger partial charge >= 0.3 is 0 Å². The maximum atomic E-state index is 11.1. The van der Waals surface area contributed by atoms with E-state index in [1.165, 1.54) is 0 Å². The van der Waals surface area contributed by atoms with Crippen LogP contribution < -0.4 is 5.32 Å². The average Bonchev–Trinajstić information content (AvgIpc) is 2.46. The van der Waals surface area contributed by atoms with Crippen LogP contribution in [0.5, 0.6) is 0 Å². The predicted molar refractivity (Wildman–Crippen MR) is 79.9 cm³/mol. The van der Waals surface area contributed by atoms with Gasteiger partial charge in [-0.2, -0.15) is 0 Å². The lowest BCUT2D eigenvalue weighted by Crippen LogP contribution is -2.30. The molecule has 5 heteroatoms. The maximum absolute atomic E-state index is 11.1. The minimum absolute atomic E-state index is 0.119. The normalized spacial score (nSPS) is 12.5. The summed E-state index contributed by atoms with van der Waals surface area (Å²) >= 11 is 0. The summed E-state index contributed by atoms with van der Waals surface area (Å²) in [5.74, 6) is 0. The van der Waals surface area contributed by atoms with Crippen molar-refractivity contribution in [3.63, 3.8) is 0 Å². The molecule has 0 saturated carbocycles. The van der Waals surface area contributed by atoms with Crippen molar-refractivity contribution < 1.29 is 4.92 Å². The monoisotopic (exact) mass is 273 g/mol. The Labute approximate surface area is 118 Å². The lowest BCUT2D eigenvalue weighted by Gasteiger charge is -2.16. The van der Waals surface area contributed by atoms with Gasteiger partial charge in [-0.3, -0.25) is 15.1 Å². The van der Waals surface area contributed by atoms with Crippen LogP contribution >= 0.6 is 0 Å². The van der Waals surface area contributed by atoms with Crippen molar-refractivity contribution >= 4 is 16.6 Å². The Morgan fingerprint density at radius 2 is 2.15 bits per heavy atom. The second kappa shape index (κ2) is 6.43. The number of likely N-dealkylation sites (N-methyl/N-ethyl adjacent to an activating group) is 1. The molecule has 5 nitrogen and oxygen atoms in total. The lowest BCUT2D eigenvalue weighted by molar-refractivity contribution is -0.383. The van der Waals surface area contributed by atoms with Crippen LogP contribution in [0.4, 0.5) is 5.69 Å². The molecule has 1 unspecified atom stereocenters. The number of fused-ring (bicyclic) bond motifs is 1. The smallest absolute Gasteiger partial charge is 0.278 e. The van der Waals surface area contributed by atoms with E-state index in [9.17, 15) is 10.1 Å². The topological polar surface area (TPSA) is 68.1 Å². The summed E-state index contributed by atoms with van der Waals surface area (Å²) in [4.78, 5) is 15.1. The predicted octanol–water partition coefficient (Wildman–Crippen LogP) is 3.07. The van der Waals surface area contributed by atoms with Gasteiger partial charge in [0.1, 0.15) is 0 Å². The quantitative estimate of drug-likeness (QED) is 0.648. The number of rotatable bonds is 6. The molecule has 106 valence electrons. The fourth-order valence-electron chi connectivity index (χ4n) is 2.46. The Kier molecular flexibility index (Phi) is 4.63. The Morgan fingerprint density at radius 3 is 2.80 bits per heavy atom. The van der Waals surface area contributed by atoms with Gasteiger partial charge in [0.2, 0.25) is 0 Å². The molecule has 0 aliphatic carbocycles. The molecule has 1 N–H and O–H groups in total. The molecule has 1 aromatic heterocycles. The Bertz CT molecular complexity index is 613. The fourth-order valence-corrected chi connectivity index (χ4v) is 2.46. The van der Waals surface area contributed by atoms with Gasteiger partial charge in [0.25, 0.3) is 5.69 Å². The highest BCUT2D eigenvalue weighted by atomic mass is 16.6. The van der Waals surface area contributed by atoms with E-state index in [4.69, 9.17) is 0 Å². The van der Waals surface area contributed by atoms with Gasteiger partial charge in [-0.25, -0.2) is 0 Å². The van der Waals surface area contributed by atoms with Crippen LogP contribution in [0.3, 0.4) is 0 Å². The van der Waals surface area contributed by atoms with Gasteiger partial charge in [-0.15, -0.1) is 0 Å². The second-order valence-electron chi connectivity index (χ2n) is 4.77. The number of non-ortho nitro benzene ring substituents is 1. The summed E-state index contributed by atoms with van der Waals surface area (Å²) in [7, 11) is 0. The minimum atomic E-state index is -0.352. The number of aromatic nitrogens is 1. The largest absolute Gasteiger partial charge is 0.314 e. The zero-order valence-electron chi connectivity index (χ0n) is 11.8. The molecule has 0 fully saturated rings. The number of nitrogens with one attached hydrogen (secondary N) is 1. The Hall–Kier alpha value is -2.01. The molecule has 1 aromatic carbocycles. The third-order valence-electron chi connectivity index (χ3n) is 3.48. The average molecular weight is 273 g/mol. The third-order valence-corrected chi connectivity index (χ3v) is 3.48. The number of hydrogen-bond donors (Lipinski definition) is 1. The lowest BCUT2D eigenvalue weighted by atomic mass is 10.00. The van der Waals surface area contributed by atoms with Gasteiger partial charge in [-0.05, 0) is 43.1 Å². The molecule has 1 atom stereocenters. The zero-order chi connectivity index (χ0) is 14.5. The molecule has 20 heavy (non-hydrogen) atoms. The van der Waals surface area contributed by atoms with Crippen LogP contribution in [0, 0.1) is 10.1 Å². The van der Waals surface area contributed by atoms with E-state index in [0.717, 1.165) is 30.5 Å². The van der Waals surface area contributed by atoms with Gasteiger partial charge < -0.3 is 5.32 Å². The summed E-state index contributed by atoms with van der Waals surface area (Å²) in [5.41, 5.74) is 1.91. The zero-order valence-corrected chi connectivity index (χ0v) is 11.8. The first-order valence-electron chi connectivity index (χ1n) is 6.91. The molecule has 0 aliphatic heterocycles. The SMILES string of the molecule is CCNC(CC)Cc1ccc([N+](=O)[O-])c2cccnc12. The van der Waals surface area contributed by atoms with E-state index in [1.54, 1.807) is 24.4 Å². The molecule has 0 aliphatic rings. The number of nitro groups is 1. The van der Waals surface area contributed by atoms with Crippen molar-refractivity contribution in [1.82, 2.24) is 10.3 Å². The summed E-state index contributed by atoms with van der Waals surface area (Å²) in [5, 5.41) is 15.1. The molecule has 0 amide bonds. The van der Waals surface area contributed by atoms with Crippen molar-refractivity contribution in [2.75, 3.05) is 6.54 Å². The number of hydrogen-bond acceptors (Lipinski definition) is 4. The molecule has 0 spiro atoms. The standard InChI is InChI=1S/C15H19N3O2/c1-3-12(16-4-2)10-11-7-8-14(18(19)20)13-6-5-9-17-15(11)13/h5-9,12,16H,3-4,10H2,1-2H3. The van der Waals surface area contributed by atoms with E-state index in [-0.39, 0.29) is 10.6 Å². The van der Waals surface area contributed by atoms with Gasteiger partial charge in [0, 0.05) is 18.3 Å². The van der Waals surface area contributed by atoms with Crippen LogP contribution in [0.25, 0.3) is 10.9 Å². The first kappa shape index (κ1) is 14.4. The molecule has 1 heterocycles. The molecule has 0 saturated heterocycles. The number of nitro benzene ring substituents is 1. The van der Waals surface area contributed by atoms with Crippen molar-refractivity contribution in [3.8, 4) is 0 Å². The number of pyridine rings is 1. The summed E-state index contributed by atoms with van der Waals surface area (Å²) in [6.07, 6.45) is 3.53. The molecule has 2 aromatic rings. The van der Waals surface area contributed by atoms with Crippen LogP contribution in [0.2, 0.25) is 0 Å².